The van der Waals surface area contributed by atoms with Gasteiger partial charge in [-0.1, -0.05) is 29.8 Å². The molecule has 0 bridgehead atoms. The van der Waals surface area contributed by atoms with Crippen molar-refractivity contribution in [2.45, 2.75) is 26.4 Å². The molecule has 0 atom stereocenters. The number of halogens is 1. The number of aromatic nitrogens is 1. The van der Waals surface area contributed by atoms with E-state index in [1.807, 2.05) is 24.4 Å². The van der Waals surface area contributed by atoms with E-state index < -0.39 is 0 Å². The zero-order valence-corrected chi connectivity index (χ0v) is 22.1. The second-order valence-corrected chi connectivity index (χ2v) is 10.1. The molecule has 192 valence electrons. The van der Waals surface area contributed by atoms with E-state index in [0.29, 0.717) is 54.7 Å². The maximum Gasteiger partial charge on any atom is 0.410 e. The van der Waals surface area contributed by atoms with Crippen LogP contribution < -0.4 is 15.4 Å². The van der Waals surface area contributed by atoms with Crippen LogP contribution in [0.5, 0.6) is 5.75 Å². The summed E-state index contributed by atoms with van der Waals surface area (Å²) in [5.41, 5.74) is 4.15. The molecule has 1 aliphatic rings. The highest BCUT2D eigenvalue weighted by atomic mass is 35.5. The van der Waals surface area contributed by atoms with E-state index >= 15 is 0 Å². The maximum atomic E-state index is 13.7. The average molecular weight is 539 g/mol. The van der Waals surface area contributed by atoms with Gasteiger partial charge in [-0.25, -0.2) is 4.79 Å². The molecule has 1 aliphatic heterocycles. The minimum absolute atomic E-state index is 0.260. The van der Waals surface area contributed by atoms with E-state index in [0.717, 1.165) is 31.9 Å². The van der Waals surface area contributed by atoms with Gasteiger partial charge in [-0.2, -0.15) is 0 Å². The molecule has 0 saturated carbocycles. The van der Waals surface area contributed by atoms with Crippen LogP contribution in [0.3, 0.4) is 0 Å². The van der Waals surface area contributed by atoms with Crippen molar-refractivity contribution >= 4 is 56.5 Å². The van der Waals surface area contributed by atoms with E-state index in [1.54, 1.807) is 37.1 Å². The number of amides is 2. The number of nitrogens with one attached hydrogen (secondary N) is 3. The minimum atomic E-state index is -0.343. The van der Waals surface area contributed by atoms with Crippen molar-refractivity contribution < 1.29 is 19.1 Å². The largest absolute Gasteiger partial charge is 0.495 e. The summed E-state index contributed by atoms with van der Waals surface area (Å²) in [6.07, 6.45) is 2.18. The molecule has 0 saturated heterocycles. The number of benzene rings is 2. The smallest absolute Gasteiger partial charge is 0.410 e. The first-order chi connectivity index (χ1) is 18.0. The lowest BCUT2D eigenvalue weighted by molar-refractivity contribution is 0.102. The second-order valence-electron chi connectivity index (χ2n) is 8.59. The highest BCUT2D eigenvalue weighted by molar-refractivity contribution is 7.16. The third-order valence-corrected chi connectivity index (χ3v) is 7.74. The summed E-state index contributed by atoms with van der Waals surface area (Å²) in [5.74, 6) is 0.257. The lowest BCUT2D eigenvalue weighted by Crippen LogP contribution is -2.36. The summed E-state index contributed by atoms with van der Waals surface area (Å²) in [6.45, 7) is 3.52. The number of aromatic amines is 1. The molecule has 8 nitrogen and oxygen atoms in total. The third kappa shape index (κ3) is 5.10. The molecule has 10 heteroatoms. The monoisotopic (exact) mass is 538 g/mol. The van der Waals surface area contributed by atoms with Gasteiger partial charge in [0.1, 0.15) is 10.8 Å². The highest BCUT2D eigenvalue weighted by Crippen LogP contribution is 2.39. The van der Waals surface area contributed by atoms with Gasteiger partial charge < -0.3 is 30.0 Å². The van der Waals surface area contributed by atoms with Crippen molar-refractivity contribution in [1.29, 1.82) is 0 Å². The Morgan fingerprint density at radius 2 is 2.05 bits per heavy atom. The molecule has 3 heterocycles. The van der Waals surface area contributed by atoms with Crippen LogP contribution >= 0.6 is 22.9 Å². The fourth-order valence-corrected chi connectivity index (χ4v) is 5.98. The number of para-hydroxylation sites is 1. The molecule has 2 amide bonds. The zero-order chi connectivity index (χ0) is 25.9. The van der Waals surface area contributed by atoms with Gasteiger partial charge in [0.2, 0.25) is 0 Å². The van der Waals surface area contributed by atoms with Crippen LogP contribution in [-0.4, -0.2) is 42.1 Å². The van der Waals surface area contributed by atoms with Crippen molar-refractivity contribution in [1.82, 2.24) is 9.88 Å². The summed E-state index contributed by atoms with van der Waals surface area (Å²) in [7, 11) is 1.55. The molecule has 37 heavy (non-hydrogen) atoms. The van der Waals surface area contributed by atoms with Crippen molar-refractivity contribution in [2.75, 3.05) is 30.9 Å². The van der Waals surface area contributed by atoms with Crippen LogP contribution in [0.1, 0.15) is 33.3 Å². The Hall–Kier alpha value is -3.69. The average Bonchev–Trinajstić information content (AvgIpc) is 3.48. The van der Waals surface area contributed by atoms with Crippen LogP contribution in [0, 0.1) is 0 Å². The first-order valence-electron chi connectivity index (χ1n) is 12.0. The molecule has 2 aromatic carbocycles. The molecule has 0 fully saturated rings. The van der Waals surface area contributed by atoms with Crippen LogP contribution in [0.25, 0.3) is 10.9 Å². The molecule has 0 spiro atoms. The standard InChI is InChI=1S/C27H27ClN4O4S/c1-3-36-27(34)32-11-10-19-23(15-32)37-26(30-14-16-13-29-20-7-5-4-6-18(16)20)24(19)25(33)31-21-12-17(28)8-9-22(21)35-2/h4-9,12-13,29-30H,3,10-11,14-15H2,1-2H3,(H,31,33). The summed E-state index contributed by atoms with van der Waals surface area (Å²) >= 11 is 7.68. The van der Waals surface area contributed by atoms with E-state index in [1.165, 1.54) is 11.3 Å². The van der Waals surface area contributed by atoms with E-state index in [4.69, 9.17) is 21.1 Å². The maximum absolute atomic E-state index is 13.7. The van der Waals surface area contributed by atoms with Gasteiger partial charge in [0, 0.05) is 40.1 Å². The summed E-state index contributed by atoms with van der Waals surface area (Å²) in [4.78, 5) is 32.0. The zero-order valence-electron chi connectivity index (χ0n) is 20.5. The topological polar surface area (TPSA) is 95.7 Å². The van der Waals surface area contributed by atoms with Crippen molar-refractivity contribution in [2.24, 2.45) is 0 Å². The van der Waals surface area contributed by atoms with Gasteiger partial charge in [0.05, 0.1) is 31.5 Å². The molecule has 4 aromatic rings. The predicted octanol–water partition coefficient (Wildman–Crippen LogP) is 6.27. The first kappa shape index (κ1) is 25.0. The number of thiophene rings is 1. The molecular weight excluding hydrogens is 512 g/mol. The number of H-pyrrole nitrogens is 1. The number of hydrogen-bond donors (Lipinski definition) is 3. The second kappa shape index (κ2) is 10.7. The Bertz CT molecular complexity index is 1460. The van der Waals surface area contributed by atoms with Crippen molar-refractivity contribution in [3.63, 3.8) is 0 Å². The Morgan fingerprint density at radius 3 is 2.86 bits per heavy atom. The van der Waals surface area contributed by atoms with Crippen molar-refractivity contribution in [3.05, 3.63) is 75.3 Å². The highest BCUT2D eigenvalue weighted by Gasteiger charge is 2.30. The number of carbonyl (C=O) groups excluding carboxylic acids is 2. The van der Waals surface area contributed by atoms with Crippen LogP contribution in [-0.2, 0) is 24.2 Å². The lowest BCUT2D eigenvalue weighted by atomic mass is 10.0. The quantitative estimate of drug-likeness (QED) is 0.258. The number of carbonyl (C=O) groups is 2. The van der Waals surface area contributed by atoms with Gasteiger partial charge in [0.25, 0.3) is 5.91 Å². The summed E-state index contributed by atoms with van der Waals surface area (Å²) < 4.78 is 10.6. The van der Waals surface area contributed by atoms with Crippen LogP contribution in [0.2, 0.25) is 5.02 Å². The first-order valence-corrected chi connectivity index (χ1v) is 13.2. The number of fused-ring (bicyclic) bond motifs is 2. The Labute approximate surface area is 223 Å². The number of ether oxygens (including phenoxy) is 2. The van der Waals surface area contributed by atoms with Crippen molar-refractivity contribution in [3.8, 4) is 5.75 Å². The van der Waals surface area contributed by atoms with Gasteiger partial charge >= 0.3 is 6.09 Å². The molecule has 0 aliphatic carbocycles. The fraction of sp³-hybridized carbons (Fsp3) is 0.259. The summed E-state index contributed by atoms with van der Waals surface area (Å²) in [6, 6.07) is 13.2. The van der Waals surface area contributed by atoms with Gasteiger partial charge in [-0.05, 0) is 48.7 Å². The number of nitrogens with zero attached hydrogens (tertiary/aromatic N) is 1. The van der Waals surface area contributed by atoms with E-state index in [9.17, 15) is 9.59 Å². The van der Waals surface area contributed by atoms with Gasteiger partial charge in [-0.3, -0.25) is 4.79 Å². The van der Waals surface area contributed by atoms with Crippen LogP contribution in [0.15, 0.2) is 48.7 Å². The van der Waals surface area contributed by atoms with Gasteiger partial charge in [-0.15, -0.1) is 11.3 Å². The normalized spacial score (nSPS) is 12.8. The van der Waals surface area contributed by atoms with E-state index in [-0.39, 0.29) is 12.0 Å². The molecule has 5 rings (SSSR count). The number of rotatable bonds is 7. The molecule has 0 unspecified atom stereocenters. The fourth-order valence-electron chi connectivity index (χ4n) is 4.55. The number of hydrogen-bond acceptors (Lipinski definition) is 6. The summed E-state index contributed by atoms with van der Waals surface area (Å²) in [5, 5.41) is 8.83. The Balaban J connectivity index is 1.47. The third-order valence-electron chi connectivity index (χ3n) is 6.33. The minimum Gasteiger partial charge on any atom is -0.495 e. The van der Waals surface area contributed by atoms with Crippen LogP contribution in [0.4, 0.5) is 15.5 Å². The molecule has 0 radical (unpaired) electrons. The molecule has 2 aromatic heterocycles. The Kier molecular flexibility index (Phi) is 7.25. The molecule has 3 N–H and O–H groups in total. The predicted molar refractivity (Wildman–Crippen MR) is 147 cm³/mol. The number of methoxy groups -OCH3 is 1. The Morgan fingerprint density at radius 1 is 1.22 bits per heavy atom. The van der Waals surface area contributed by atoms with Gasteiger partial charge in [0.15, 0.2) is 0 Å². The molecular formula is C27H27ClN4O4S. The van der Waals surface area contributed by atoms with E-state index in [2.05, 4.69) is 21.7 Å². The lowest BCUT2D eigenvalue weighted by Gasteiger charge is -2.26. The number of anilines is 2. The SMILES string of the molecule is CCOC(=O)N1CCc2c(sc(NCc3c[nH]c4ccccc34)c2C(=O)Nc2cc(Cl)ccc2OC)C1.